The Morgan fingerprint density at radius 1 is 0.939 bits per heavy atom. The number of amides is 2. The Morgan fingerprint density at radius 2 is 1.70 bits per heavy atom. The number of carbonyl (C=O) groups excluding carboxylic acids is 2. The number of anilines is 2. The molecule has 9 heteroatoms. The van der Waals surface area contributed by atoms with Crippen molar-refractivity contribution in [1.29, 1.82) is 0 Å². The summed E-state index contributed by atoms with van der Waals surface area (Å²) < 4.78 is 40.8. The molecule has 0 saturated heterocycles. The van der Waals surface area contributed by atoms with Gasteiger partial charge in [-0.25, -0.2) is 4.98 Å². The van der Waals surface area contributed by atoms with Crippen LogP contribution in [0.1, 0.15) is 15.9 Å². The highest BCUT2D eigenvalue weighted by Gasteiger charge is 2.31. The predicted octanol–water partition coefficient (Wildman–Crippen LogP) is 5.42. The van der Waals surface area contributed by atoms with Crippen molar-refractivity contribution < 1.29 is 22.8 Å². The number of nitrogens with one attached hydrogen (secondary N) is 2. The number of benzene rings is 3. The highest BCUT2D eigenvalue weighted by molar-refractivity contribution is 6.04. The van der Waals surface area contributed by atoms with E-state index in [2.05, 4.69) is 22.2 Å². The molecule has 0 unspecified atom stereocenters. The fourth-order valence-electron chi connectivity index (χ4n) is 3.30. The van der Waals surface area contributed by atoms with E-state index in [9.17, 15) is 22.8 Å². The van der Waals surface area contributed by atoms with E-state index in [-0.39, 0.29) is 17.4 Å². The topological polar surface area (TPSA) is 76.0 Å². The number of aromatic nitrogens is 2. The molecule has 0 aliphatic heterocycles. The third kappa shape index (κ3) is 4.62. The lowest BCUT2D eigenvalue weighted by atomic mass is 10.1. The number of hydrogen-bond donors (Lipinski definition) is 2. The van der Waals surface area contributed by atoms with E-state index >= 15 is 0 Å². The van der Waals surface area contributed by atoms with Crippen LogP contribution in [-0.4, -0.2) is 21.4 Å². The molecule has 33 heavy (non-hydrogen) atoms. The third-order valence-corrected chi connectivity index (χ3v) is 4.80. The zero-order chi connectivity index (χ0) is 23.6. The SMILES string of the molecule is C=CC(=O)Nc1cccc(-n2c(NC(=O)c3cccc(C(F)(F)F)c3)nc3ccccc32)c1. The lowest BCUT2D eigenvalue weighted by Gasteiger charge is -2.13. The van der Waals surface area contributed by atoms with Gasteiger partial charge in [0.1, 0.15) is 0 Å². The molecule has 3 aromatic carbocycles. The fraction of sp³-hybridized carbons (Fsp3) is 0.0417. The molecule has 0 aliphatic carbocycles. The fourth-order valence-corrected chi connectivity index (χ4v) is 3.30. The van der Waals surface area contributed by atoms with Crippen LogP contribution >= 0.6 is 0 Å². The summed E-state index contributed by atoms with van der Waals surface area (Å²) in [4.78, 5) is 28.9. The van der Waals surface area contributed by atoms with E-state index in [0.29, 0.717) is 22.4 Å². The summed E-state index contributed by atoms with van der Waals surface area (Å²) in [5, 5.41) is 5.27. The van der Waals surface area contributed by atoms with Crippen molar-refractivity contribution in [2.24, 2.45) is 0 Å². The molecule has 0 spiro atoms. The quantitative estimate of drug-likeness (QED) is 0.399. The average molecular weight is 450 g/mol. The van der Waals surface area contributed by atoms with Crippen LogP contribution in [0.3, 0.4) is 0 Å². The van der Waals surface area contributed by atoms with Gasteiger partial charge in [-0.15, -0.1) is 0 Å². The minimum Gasteiger partial charge on any atom is -0.322 e. The summed E-state index contributed by atoms with van der Waals surface area (Å²) in [6.07, 6.45) is -3.43. The Labute approximate surface area is 186 Å². The first-order valence-electron chi connectivity index (χ1n) is 9.76. The average Bonchev–Trinajstić information content (AvgIpc) is 3.16. The van der Waals surface area contributed by atoms with Crippen LogP contribution in [0.4, 0.5) is 24.8 Å². The minimum absolute atomic E-state index is 0.116. The van der Waals surface area contributed by atoms with E-state index in [1.54, 1.807) is 53.1 Å². The van der Waals surface area contributed by atoms with Gasteiger partial charge in [0.2, 0.25) is 11.9 Å². The Morgan fingerprint density at radius 3 is 2.45 bits per heavy atom. The lowest BCUT2D eigenvalue weighted by molar-refractivity contribution is -0.137. The monoisotopic (exact) mass is 450 g/mol. The van der Waals surface area contributed by atoms with Crippen molar-refractivity contribution in [2.75, 3.05) is 10.6 Å². The molecule has 166 valence electrons. The van der Waals surface area contributed by atoms with Crippen LogP contribution in [0.2, 0.25) is 0 Å². The summed E-state index contributed by atoms with van der Waals surface area (Å²) >= 11 is 0. The highest BCUT2D eigenvalue weighted by atomic mass is 19.4. The Kier molecular flexibility index (Phi) is 5.70. The molecular weight excluding hydrogens is 433 g/mol. The summed E-state index contributed by atoms with van der Waals surface area (Å²) in [6, 6.07) is 18.1. The number of halogens is 3. The minimum atomic E-state index is -4.57. The normalized spacial score (nSPS) is 11.2. The molecule has 2 N–H and O–H groups in total. The number of hydrogen-bond acceptors (Lipinski definition) is 3. The molecular formula is C24H17F3N4O2. The van der Waals surface area contributed by atoms with E-state index in [0.717, 1.165) is 18.2 Å². The first kappa shape index (κ1) is 21.8. The van der Waals surface area contributed by atoms with Crippen molar-refractivity contribution >= 4 is 34.5 Å². The van der Waals surface area contributed by atoms with E-state index in [1.165, 1.54) is 12.1 Å². The standard InChI is InChI=1S/C24H17F3N4O2/c1-2-21(32)28-17-9-6-10-18(14-17)31-20-12-4-3-11-19(20)29-23(31)30-22(33)15-7-5-8-16(13-15)24(25,26)27/h2-14H,1H2,(H,28,32)(H,29,30,33). The molecule has 6 nitrogen and oxygen atoms in total. The van der Waals surface area contributed by atoms with Crippen LogP contribution in [0.5, 0.6) is 0 Å². The maximum Gasteiger partial charge on any atom is 0.416 e. The van der Waals surface area contributed by atoms with Crippen molar-refractivity contribution in [2.45, 2.75) is 6.18 Å². The van der Waals surface area contributed by atoms with Crippen LogP contribution in [-0.2, 0) is 11.0 Å². The number of alkyl halides is 3. The molecule has 0 fully saturated rings. The first-order chi connectivity index (χ1) is 15.8. The second kappa shape index (κ2) is 8.62. The second-order valence-electron chi connectivity index (χ2n) is 7.04. The van der Waals surface area contributed by atoms with Gasteiger partial charge >= 0.3 is 6.18 Å². The molecule has 2 amide bonds. The zero-order valence-electron chi connectivity index (χ0n) is 17.1. The van der Waals surface area contributed by atoms with Gasteiger partial charge in [0, 0.05) is 11.3 Å². The van der Waals surface area contributed by atoms with Crippen LogP contribution in [0, 0.1) is 0 Å². The van der Waals surface area contributed by atoms with Crippen LogP contribution in [0.15, 0.2) is 85.5 Å². The van der Waals surface area contributed by atoms with E-state index < -0.39 is 17.6 Å². The molecule has 1 aromatic heterocycles. The van der Waals surface area contributed by atoms with Gasteiger partial charge in [0.05, 0.1) is 22.3 Å². The Hall–Kier alpha value is -4.40. The van der Waals surface area contributed by atoms with Crippen molar-refractivity contribution in [1.82, 2.24) is 9.55 Å². The number of carbonyl (C=O) groups is 2. The number of fused-ring (bicyclic) bond motifs is 1. The van der Waals surface area contributed by atoms with Gasteiger partial charge in [-0.05, 0) is 54.6 Å². The molecule has 0 atom stereocenters. The largest absolute Gasteiger partial charge is 0.416 e. The van der Waals surface area contributed by atoms with E-state index in [4.69, 9.17) is 0 Å². The Bertz CT molecular complexity index is 1380. The smallest absolute Gasteiger partial charge is 0.322 e. The highest BCUT2D eigenvalue weighted by Crippen LogP contribution is 2.30. The van der Waals surface area contributed by atoms with Gasteiger partial charge in [-0.1, -0.05) is 30.8 Å². The molecule has 0 aliphatic rings. The van der Waals surface area contributed by atoms with E-state index in [1.807, 2.05) is 0 Å². The molecule has 4 rings (SSSR count). The second-order valence-corrected chi connectivity index (χ2v) is 7.04. The Balaban J connectivity index is 1.75. The number of para-hydroxylation sites is 2. The summed E-state index contributed by atoms with van der Waals surface area (Å²) in [6.45, 7) is 3.42. The molecule has 0 saturated carbocycles. The lowest BCUT2D eigenvalue weighted by Crippen LogP contribution is -2.17. The van der Waals surface area contributed by atoms with Gasteiger partial charge in [-0.3, -0.25) is 19.5 Å². The summed E-state index contributed by atoms with van der Waals surface area (Å²) in [5.74, 6) is -1.01. The van der Waals surface area contributed by atoms with Crippen LogP contribution in [0.25, 0.3) is 16.7 Å². The molecule has 1 heterocycles. The first-order valence-corrected chi connectivity index (χ1v) is 9.76. The van der Waals surface area contributed by atoms with Gasteiger partial charge in [0.15, 0.2) is 0 Å². The maximum absolute atomic E-state index is 13.1. The van der Waals surface area contributed by atoms with Crippen molar-refractivity contribution in [3.63, 3.8) is 0 Å². The number of rotatable bonds is 5. The summed E-state index contributed by atoms with van der Waals surface area (Å²) in [7, 11) is 0. The van der Waals surface area contributed by atoms with Gasteiger partial charge in [-0.2, -0.15) is 13.2 Å². The predicted molar refractivity (Wildman–Crippen MR) is 119 cm³/mol. The van der Waals surface area contributed by atoms with Crippen molar-refractivity contribution in [3.05, 3.63) is 96.6 Å². The molecule has 0 radical (unpaired) electrons. The summed E-state index contributed by atoms with van der Waals surface area (Å²) in [5.41, 5.74) is 1.21. The zero-order valence-corrected chi connectivity index (χ0v) is 17.1. The molecule has 4 aromatic rings. The molecule has 0 bridgehead atoms. The number of nitrogens with zero attached hydrogens (tertiary/aromatic N) is 2. The maximum atomic E-state index is 13.1. The van der Waals surface area contributed by atoms with Crippen LogP contribution < -0.4 is 10.6 Å². The van der Waals surface area contributed by atoms with Crippen molar-refractivity contribution in [3.8, 4) is 5.69 Å². The van der Waals surface area contributed by atoms with Gasteiger partial charge < -0.3 is 5.32 Å². The third-order valence-electron chi connectivity index (χ3n) is 4.80. The van der Waals surface area contributed by atoms with Gasteiger partial charge in [0.25, 0.3) is 5.91 Å². The number of imidazole rings is 1.